The summed E-state index contributed by atoms with van der Waals surface area (Å²) in [6.45, 7) is 2.12. The van der Waals surface area contributed by atoms with Crippen LogP contribution < -0.4 is 15.4 Å². The van der Waals surface area contributed by atoms with Gasteiger partial charge < -0.3 is 19.9 Å². The largest absolute Gasteiger partial charge is 0.484 e. The molecule has 1 aromatic carbocycles. The minimum Gasteiger partial charge on any atom is -0.484 e. The molecule has 0 atom stereocenters. The number of aromatic nitrogens is 2. The van der Waals surface area contributed by atoms with Gasteiger partial charge in [-0.2, -0.15) is 4.98 Å². The van der Waals surface area contributed by atoms with Crippen LogP contribution in [0.5, 0.6) is 5.75 Å². The highest BCUT2D eigenvalue weighted by Crippen LogP contribution is 2.18. The number of anilines is 1. The monoisotopic (exact) mass is 288 g/mol. The van der Waals surface area contributed by atoms with Crippen molar-refractivity contribution in [2.45, 2.75) is 19.4 Å². The van der Waals surface area contributed by atoms with Crippen molar-refractivity contribution in [3.63, 3.8) is 0 Å². The van der Waals surface area contributed by atoms with Gasteiger partial charge in [0.25, 0.3) is 11.8 Å². The molecule has 3 rings (SSSR count). The van der Waals surface area contributed by atoms with E-state index in [1.54, 1.807) is 24.3 Å². The maximum atomic E-state index is 11.0. The van der Waals surface area contributed by atoms with E-state index in [0.29, 0.717) is 23.2 Å². The summed E-state index contributed by atoms with van der Waals surface area (Å²) in [6.07, 6.45) is 2.32. The molecule has 1 fully saturated rings. The Morgan fingerprint density at radius 3 is 2.67 bits per heavy atom. The summed E-state index contributed by atoms with van der Waals surface area (Å²) in [7, 11) is 0. The number of nitrogens with zero attached hydrogens (tertiary/aromatic N) is 3. The molecule has 2 aromatic rings. The molecule has 0 bridgehead atoms. The summed E-state index contributed by atoms with van der Waals surface area (Å²) >= 11 is 0. The van der Waals surface area contributed by atoms with Crippen LogP contribution in [0.25, 0.3) is 0 Å². The lowest BCUT2D eigenvalue weighted by Crippen LogP contribution is -2.18. The molecule has 110 valence electrons. The third kappa shape index (κ3) is 3.13. The Bertz CT molecular complexity index is 617. The second-order valence-corrected chi connectivity index (χ2v) is 4.86. The van der Waals surface area contributed by atoms with E-state index in [1.807, 2.05) is 0 Å². The summed E-state index contributed by atoms with van der Waals surface area (Å²) in [4.78, 5) is 17.4. The first-order valence-corrected chi connectivity index (χ1v) is 6.82. The fraction of sp³-hybridized carbons (Fsp3) is 0.357. The Hall–Kier alpha value is -2.57. The zero-order valence-electron chi connectivity index (χ0n) is 11.5. The number of amides is 1. The van der Waals surface area contributed by atoms with Crippen LogP contribution in [0.1, 0.15) is 29.1 Å². The van der Waals surface area contributed by atoms with Gasteiger partial charge in [0.05, 0.1) is 0 Å². The predicted octanol–water partition coefficient (Wildman–Crippen LogP) is 1.35. The summed E-state index contributed by atoms with van der Waals surface area (Å²) < 4.78 is 10.7. The summed E-state index contributed by atoms with van der Waals surface area (Å²) in [5, 5.41) is 3.95. The first-order chi connectivity index (χ1) is 10.2. The predicted molar refractivity (Wildman–Crippen MR) is 75.0 cm³/mol. The fourth-order valence-electron chi connectivity index (χ4n) is 2.21. The van der Waals surface area contributed by atoms with E-state index in [2.05, 4.69) is 15.0 Å². The van der Waals surface area contributed by atoms with Crippen LogP contribution >= 0.6 is 0 Å². The van der Waals surface area contributed by atoms with E-state index in [4.69, 9.17) is 15.0 Å². The molecular weight excluding hydrogens is 272 g/mol. The Kier molecular flexibility index (Phi) is 3.72. The van der Waals surface area contributed by atoms with Crippen molar-refractivity contribution in [1.82, 2.24) is 10.1 Å². The van der Waals surface area contributed by atoms with E-state index in [1.165, 1.54) is 0 Å². The van der Waals surface area contributed by atoms with Gasteiger partial charge in [-0.1, -0.05) is 0 Å². The molecule has 1 amide bonds. The number of benzene rings is 1. The van der Waals surface area contributed by atoms with Gasteiger partial charge in [-0.25, -0.2) is 0 Å². The van der Waals surface area contributed by atoms with Crippen LogP contribution in [-0.2, 0) is 6.61 Å². The minimum atomic E-state index is -0.464. The van der Waals surface area contributed by atoms with Gasteiger partial charge in [0, 0.05) is 18.7 Å². The molecule has 0 radical (unpaired) electrons. The quantitative estimate of drug-likeness (QED) is 0.892. The van der Waals surface area contributed by atoms with Crippen molar-refractivity contribution in [2.24, 2.45) is 5.73 Å². The zero-order valence-corrected chi connectivity index (χ0v) is 11.5. The molecule has 7 nitrogen and oxygen atoms in total. The molecule has 2 heterocycles. The molecule has 1 aliphatic heterocycles. The first kappa shape index (κ1) is 13.4. The van der Waals surface area contributed by atoms with E-state index in [0.717, 1.165) is 25.9 Å². The normalized spacial score (nSPS) is 14.4. The zero-order chi connectivity index (χ0) is 14.7. The third-order valence-electron chi connectivity index (χ3n) is 3.35. The first-order valence-electron chi connectivity index (χ1n) is 6.82. The number of hydrogen-bond donors (Lipinski definition) is 1. The highest BCUT2D eigenvalue weighted by molar-refractivity contribution is 5.92. The number of primary amides is 1. The van der Waals surface area contributed by atoms with Gasteiger partial charge in [-0.3, -0.25) is 4.79 Å². The lowest BCUT2D eigenvalue weighted by atomic mass is 10.2. The van der Waals surface area contributed by atoms with Crippen molar-refractivity contribution >= 4 is 11.9 Å². The van der Waals surface area contributed by atoms with Crippen LogP contribution in [0.15, 0.2) is 28.8 Å². The van der Waals surface area contributed by atoms with Gasteiger partial charge in [-0.05, 0) is 42.3 Å². The second kappa shape index (κ2) is 5.82. The van der Waals surface area contributed by atoms with E-state index < -0.39 is 5.91 Å². The number of carbonyl (C=O) groups is 1. The second-order valence-electron chi connectivity index (χ2n) is 4.86. The number of nitrogens with two attached hydrogens (primary N) is 1. The Labute approximate surface area is 121 Å². The lowest BCUT2D eigenvalue weighted by molar-refractivity contribution is 0.1000. The Morgan fingerprint density at radius 2 is 2.00 bits per heavy atom. The van der Waals surface area contributed by atoms with Crippen LogP contribution in [0.4, 0.5) is 5.95 Å². The van der Waals surface area contributed by atoms with Gasteiger partial charge in [0.15, 0.2) is 6.61 Å². The van der Waals surface area contributed by atoms with Gasteiger partial charge in [-0.15, -0.1) is 0 Å². The molecule has 0 saturated carbocycles. The summed E-state index contributed by atoms with van der Waals surface area (Å²) in [5.74, 6) is 1.20. The number of ether oxygens (including phenoxy) is 1. The molecule has 0 spiro atoms. The van der Waals surface area contributed by atoms with Crippen LogP contribution in [0.3, 0.4) is 0 Å². The average molecular weight is 288 g/mol. The molecule has 2 N–H and O–H groups in total. The maximum absolute atomic E-state index is 11.0. The van der Waals surface area contributed by atoms with Gasteiger partial charge in [0.2, 0.25) is 5.91 Å². The molecule has 1 saturated heterocycles. The lowest BCUT2D eigenvalue weighted by Gasteiger charge is -2.09. The number of carbonyl (C=O) groups excluding carboxylic acids is 1. The molecule has 0 unspecified atom stereocenters. The Morgan fingerprint density at radius 1 is 1.29 bits per heavy atom. The number of rotatable bonds is 5. The molecule has 21 heavy (non-hydrogen) atoms. The molecular formula is C14H16N4O3. The highest BCUT2D eigenvalue weighted by Gasteiger charge is 2.18. The SMILES string of the molecule is NC(=O)c1ccc(OCc2nc(N3CCCC3)no2)cc1. The Balaban J connectivity index is 1.58. The summed E-state index contributed by atoms with van der Waals surface area (Å²) in [5.41, 5.74) is 5.61. The summed E-state index contributed by atoms with van der Waals surface area (Å²) in [6, 6.07) is 6.58. The fourth-order valence-corrected chi connectivity index (χ4v) is 2.21. The van der Waals surface area contributed by atoms with Crippen LogP contribution in [0, 0.1) is 0 Å². The topological polar surface area (TPSA) is 94.5 Å². The van der Waals surface area contributed by atoms with Crippen molar-refractivity contribution in [3.8, 4) is 5.75 Å². The van der Waals surface area contributed by atoms with Crippen molar-refractivity contribution in [1.29, 1.82) is 0 Å². The van der Waals surface area contributed by atoms with Crippen molar-refractivity contribution in [2.75, 3.05) is 18.0 Å². The molecule has 1 aliphatic rings. The minimum absolute atomic E-state index is 0.191. The standard InChI is InChI=1S/C14H16N4O3/c15-13(19)10-3-5-11(6-4-10)20-9-12-16-14(17-21-12)18-7-1-2-8-18/h3-6H,1-2,7-9H2,(H2,15,19). The van der Waals surface area contributed by atoms with Crippen LogP contribution in [0.2, 0.25) is 0 Å². The van der Waals surface area contributed by atoms with Crippen LogP contribution in [-0.4, -0.2) is 29.1 Å². The smallest absolute Gasteiger partial charge is 0.266 e. The average Bonchev–Trinajstić information content (AvgIpc) is 3.16. The van der Waals surface area contributed by atoms with Crippen molar-refractivity contribution < 1.29 is 14.1 Å². The van der Waals surface area contributed by atoms with E-state index in [-0.39, 0.29) is 6.61 Å². The maximum Gasteiger partial charge on any atom is 0.266 e. The van der Waals surface area contributed by atoms with E-state index >= 15 is 0 Å². The molecule has 7 heteroatoms. The van der Waals surface area contributed by atoms with Gasteiger partial charge >= 0.3 is 0 Å². The third-order valence-corrected chi connectivity index (χ3v) is 3.35. The van der Waals surface area contributed by atoms with Crippen molar-refractivity contribution in [3.05, 3.63) is 35.7 Å². The highest BCUT2D eigenvalue weighted by atomic mass is 16.5. The van der Waals surface area contributed by atoms with E-state index in [9.17, 15) is 4.79 Å². The van der Waals surface area contributed by atoms with Gasteiger partial charge in [0.1, 0.15) is 5.75 Å². The number of hydrogen-bond acceptors (Lipinski definition) is 6. The molecule has 1 aromatic heterocycles. The molecule has 0 aliphatic carbocycles.